The number of benzene rings is 2. The van der Waals surface area contributed by atoms with Crippen molar-refractivity contribution >= 4 is 11.6 Å². The molecule has 0 saturated heterocycles. The van der Waals surface area contributed by atoms with E-state index in [1.165, 1.54) is 0 Å². The van der Waals surface area contributed by atoms with Crippen LogP contribution in [-0.2, 0) is 0 Å². The van der Waals surface area contributed by atoms with Gasteiger partial charge in [-0.2, -0.15) is 0 Å². The van der Waals surface area contributed by atoms with Crippen molar-refractivity contribution < 1.29 is 9.53 Å². The predicted octanol–water partition coefficient (Wildman–Crippen LogP) is 3.46. The van der Waals surface area contributed by atoms with E-state index in [2.05, 4.69) is 4.98 Å². The lowest BCUT2D eigenvalue weighted by atomic mass is 10.1. The maximum Gasteiger partial charge on any atom is 0.250 e. The molecule has 5 heteroatoms. The van der Waals surface area contributed by atoms with Gasteiger partial charge in [0.2, 0.25) is 0 Å². The fraction of sp³-hybridized carbons (Fsp3) is 0.0556. The molecule has 3 rings (SSSR count). The first-order valence-electron chi connectivity index (χ1n) is 7.17. The van der Waals surface area contributed by atoms with Gasteiger partial charge in [0.25, 0.3) is 5.91 Å². The molecule has 5 nitrogen and oxygen atoms in total. The van der Waals surface area contributed by atoms with Gasteiger partial charge in [-0.25, -0.2) is 0 Å². The quantitative estimate of drug-likeness (QED) is 0.644. The zero-order chi connectivity index (χ0) is 16.4. The summed E-state index contributed by atoms with van der Waals surface area (Å²) in [7, 11) is 0. The first-order valence-corrected chi connectivity index (χ1v) is 7.17. The Morgan fingerprint density at radius 2 is 1.83 bits per heavy atom. The highest BCUT2D eigenvalue weighted by molar-refractivity contribution is 5.96. The lowest BCUT2D eigenvalue weighted by Crippen LogP contribution is -2.10. The molecule has 0 atom stereocenters. The first-order chi connectivity index (χ1) is 11.1. The summed E-state index contributed by atoms with van der Waals surface area (Å²) in [6, 6.07) is 16.6. The van der Waals surface area contributed by atoms with E-state index in [1.54, 1.807) is 19.1 Å². The van der Waals surface area contributed by atoms with Crippen LogP contribution in [0.2, 0.25) is 0 Å². The van der Waals surface area contributed by atoms with Gasteiger partial charge in [0.1, 0.15) is 11.5 Å². The highest BCUT2D eigenvalue weighted by atomic mass is 16.5. The number of hydrogen-bond acceptors (Lipinski definition) is 3. The third-order valence-electron chi connectivity index (χ3n) is 3.58. The molecule has 1 amide bonds. The zero-order valence-electron chi connectivity index (χ0n) is 12.7. The molecular formula is C18H17N3O2. The molecule has 0 unspecified atom stereocenters. The van der Waals surface area contributed by atoms with Crippen LogP contribution >= 0.6 is 0 Å². The fourth-order valence-corrected chi connectivity index (χ4v) is 2.49. The molecule has 0 aliphatic carbocycles. The van der Waals surface area contributed by atoms with Crippen LogP contribution in [0.3, 0.4) is 0 Å². The van der Waals surface area contributed by atoms with Crippen LogP contribution in [0, 0.1) is 6.92 Å². The van der Waals surface area contributed by atoms with Crippen molar-refractivity contribution in [2.75, 3.05) is 5.73 Å². The number of aromatic nitrogens is 1. The number of carbonyl (C=O) groups excluding carboxylic acids is 1. The summed E-state index contributed by atoms with van der Waals surface area (Å²) in [5, 5.41) is 0. The van der Waals surface area contributed by atoms with Gasteiger partial charge in [0, 0.05) is 11.4 Å². The van der Waals surface area contributed by atoms with Crippen LogP contribution in [-0.4, -0.2) is 10.9 Å². The summed E-state index contributed by atoms with van der Waals surface area (Å²) in [4.78, 5) is 14.6. The average molecular weight is 307 g/mol. The van der Waals surface area contributed by atoms with Crippen LogP contribution in [0.5, 0.6) is 11.5 Å². The van der Waals surface area contributed by atoms with E-state index in [4.69, 9.17) is 16.2 Å². The van der Waals surface area contributed by atoms with Crippen molar-refractivity contribution in [3.63, 3.8) is 0 Å². The lowest BCUT2D eigenvalue weighted by Gasteiger charge is -2.12. The molecule has 1 aromatic heterocycles. The highest BCUT2D eigenvalue weighted by Gasteiger charge is 2.16. The van der Waals surface area contributed by atoms with Crippen molar-refractivity contribution in [2.45, 2.75) is 6.92 Å². The summed E-state index contributed by atoms with van der Waals surface area (Å²) in [5.41, 5.74) is 14.6. The van der Waals surface area contributed by atoms with Gasteiger partial charge in [-0.1, -0.05) is 24.3 Å². The molecule has 0 fully saturated rings. The Morgan fingerprint density at radius 1 is 1.09 bits per heavy atom. The van der Waals surface area contributed by atoms with Crippen LogP contribution < -0.4 is 16.2 Å². The number of aromatic amines is 1. The first kappa shape index (κ1) is 14.7. The summed E-state index contributed by atoms with van der Waals surface area (Å²) >= 11 is 0. The van der Waals surface area contributed by atoms with Gasteiger partial charge in [-0.15, -0.1) is 0 Å². The SMILES string of the molecule is Cc1[nH]c(-c2c(N)cccc2Oc2ccccc2)cc1C(N)=O. The van der Waals surface area contributed by atoms with Crippen LogP contribution in [0.4, 0.5) is 5.69 Å². The van der Waals surface area contributed by atoms with E-state index >= 15 is 0 Å². The molecule has 2 aromatic carbocycles. The molecule has 23 heavy (non-hydrogen) atoms. The molecule has 0 aliphatic heterocycles. The Morgan fingerprint density at radius 3 is 2.48 bits per heavy atom. The van der Waals surface area contributed by atoms with Crippen molar-refractivity contribution in [3.8, 4) is 22.8 Å². The predicted molar refractivity (Wildman–Crippen MR) is 90.4 cm³/mol. The van der Waals surface area contributed by atoms with Gasteiger partial charge in [-0.3, -0.25) is 4.79 Å². The number of aryl methyl sites for hydroxylation is 1. The largest absolute Gasteiger partial charge is 0.457 e. The Labute approximate surface area is 133 Å². The standard InChI is InChI=1S/C18H17N3O2/c1-11-13(18(20)22)10-15(21-11)17-14(19)8-5-9-16(17)23-12-6-3-2-4-7-12/h2-10,21H,19H2,1H3,(H2,20,22). The Kier molecular flexibility index (Phi) is 3.76. The Hall–Kier alpha value is -3.21. The normalized spacial score (nSPS) is 10.5. The van der Waals surface area contributed by atoms with Gasteiger partial charge in [0.05, 0.1) is 16.8 Å². The molecule has 5 N–H and O–H groups in total. The van der Waals surface area contributed by atoms with E-state index in [0.29, 0.717) is 39.7 Å². The number of nitrogens with two attached hydrogens (primary N) is 2. The number of H-pyrrole nitrogens is 1. The average Bonchev–Trinajstić information content (AvgIpc) is 2.90. The summed E-state index contributed by atoms with van der Waals surface area (Å²) in [5.74, 6) is 0.830. The lowest BCUT2D eigenvalue weighted by molar-refractivity contribution is 0.1000. The maximum atomic E-state index is 11.5. The second kappa shape index (κ2) is 5.88. The monoisotopic (exact) mass is 307 g/mol. The summed E-state index contributed by atoms with van der Waals surface area (Å²) in [6.07, 6.45) is 0. The van der Waals surface area contributed by atoms with Crippen LogP contribution in [0.1, 0.15) is 16.1 Å². The third kappa shape index (κ3) is 2.89. The van der Waals surface area contributed by atoms with Gasteiger partial charge in [-0.05, 0) is 37.3 Å². The highest BCUT2D eigenvalue weighted by Crippen LogP contribution is 2.37. The van der Waals surface area contributed by atoms with Gasteiger partial charge >= 0.3 is 0 Å². The zero-order valence-corrected chi connectivity index (χ0v) is 12.7. The van der Waals surface area contributed by atoms with Gasteiger partial charge < -0.3 is 21.2 Å². The number of nitrogens with one attached hydrogen (secondary N) is 1. The molecule has 0 bridgehead atoms. The number of anilines is 1. The van der Waals surface area contributed by atoms with Crippen LogP contribution in [0.25, 0.3) is 11.3 Å². The molecule has 1 heterocycles. The van der Waals surface area contributed by atoms with E-state index < -0.39 is 5.91 Å². The summed E-state index contributed by atoms with van der Waals surface area (Å²) in [6.45, 7) is 1.79. The van der Waals surface area contributed by atoms with Crippen molar-refractivity contribution in [3.05, 3.63) is 65.9 Å². The van der Waals surface area contributed by atoms with Gasteiger partial charge in [0.15, 0.2) is 0 Å². The Bertz CT molecular complexity index is 854. The smallest absolute Gasteiger partial charge is 0.250 e. The van der Waals surface area contributed by atoms with Crippen molar-refractivity contribution in [1.29, 1.82) is 0 Å². The molecule has 0 saturated carbocycles. The minimum absolute atomic E-state index is 0.439. The fourth-order valence-electron chi connectivity index (χ4n) is 2.49. The topological polar surface area (TPSA) is 94.1 Å². The molecular weight excluding hydrogens is 290 g/mol. The number of ether oxygens (including phenoxy) is 1. The third-order valence-corrected chi connectivity index (χ3v) is 3.58. The number of hydrogen-bond donors (Lipinski definition) is 3. The second-order valence-electron chi connectivity index (χ2n) is 5.22. The number of primary amides is 1. The van der Waals surface area contributed by atoms with Crippen LogP contribution in [0.15, 0.2) is 54.6 Å². The second-order valence-corrected chi connectivity index (χ2v) is 5.22. The van der Waals surface area contributed by atoms with E-state index in [-0.39, 0.29) is 0 Å². The number of carbonyl (C=O) groups is 1. The molecule has 3 aromatic rings. The van der Waals surface area contributed by atoms with E-state index in [9.17, 15) is 4.79 Å². The molecule has 116 valence electrons. The summed E-state index contributed by atoms with van der Waals surface area (Å²) < 4.78 is 5.94. The minimum Gasteiger partial charge on any atom is -0.457 e. The number of rotatable bonds is 4. The molecule has 0 radical (unpaired) electrons. The number of nitrogen functional groups attached to an aromatic ring is 1. The maximum absolute atomic E-state index is 11.5. The van der Waals surface area contributed by atoms with E-state index in [0.717, 1.165) is 0 Å². The van der Waals surface area contributed by atoms with E-state index in [1.807, 2.05) is 42.5 Å². The molecule has 0 spiro atoms. The molecule has 0 aliphatic rings. The minimum atomic E-state index is -0.481. The number of amides is 1. The Balaban J connectivity index is 2.08. The van der Waals surface area contributed by atoms with Crippen molar-refractivity contribution in [1.82, 2.24) is 4.98 Å². The number of para-hydroxylation sites is 1. The van der Waals surface area contributed by atoms with Crippen molar-refractivity contribution in [2.24, 2.45) is 5.73 Å².